The number of hydrogen-bond acceptors (Lipinski definition) is 3. The minimum atomic E-state index is -0.765. The highest BCUT2D eigenvalue weighted by molar-refractivity contribution is 5.98. The number of nitrogens with one attached hydrogen (secondary N) is 2. The molecule has 1 fully saturated rings. The highest BCUT2D eigenvalue weighted by Crippen LogP contribution is 2.27. The summed E-state index contributed by atoms with van der Waals surface area (Å²) in [5, 5.41) is 2.92. The number of nitrogens with zero attached hydrogens (tertiary/aromatic N) is 1. The largest absolute Gasteiger partial charge is 0.497 e. The molecular weight excluding hydrogens is 402 g/mol. The van der Waals surface area contributed by atoms with E-state index in [0.29, 0.717) is 5.56 Å². The van der Waals surface area contributed by atoms with Crippen molar-refractivity contribution in [3.8, 4) is 5.75 Å². The van der Waals surface area contributed by atoms with Gasteiger partial charge in [0.15, 0.2) is 6.04 Å². The minimum Gasteiger partial charge on any atom is -0.497 e. The Hall–Kier alpha value is -3.93. The number of ether oxygens (including phenoxy) is 1. The van der Waals surface area contributed by atoms with Crippen LogP contribution in [0, 0.1) is 13.8 Å². The van der Waals surface area contributed by atoms with E-state index in [1.54, 1.807) is 23.9 Å². The molecule has 0 radical (unpaired) electrons. The predicted molar refractivity (Wildman–Crippen MR) is 123 cm³/mol. The molecular formula is C26H26N3O3+. The van der Waals surface area contributed by atoms with E-state index in [1.807, 2.05) is 80.7 Å². The van der Waals surface area contributed by atoms with Crippen molar-refractivity contribution >= 4 is 18.0 Å². The van der Waals surface area contributed by atoms with Gasteiger partial charge >= 0.3 is 5.91 Å². The van der Waals surface area contributed by atoms with Gasteiger partial charge in [-0.2, -0.15) is 0 Å². The molecule has 32 heavy (non-hydrogen) atoms. The minimum absolute atomic E-state index is 0.269. The number of carbonyl (C=O) groups is 2. The molecule has 2 N–H and O–H groups in total. The van der Waals surface area contributed by atoms with E-state index in [9.17, 15) is 9.59 Å². The van der Waals surface area contributed by atoms with Crippen molar-refractivity contribution in [2.24, 2.45) is 0 Å². The lowest BCUT2D eigenvalue weighted by Crippen LogP contribution is -2.42. The predicted octanol–water partition coefficient (Wildman–Crippen LogP) is 3.33. The van der Waals surface area contributed by atoms with Crippen LogP contribution in [-0.4, -0.2) is 35.9 Å². The number of hydrazine groups is 1. The molecule has 3 aromatic rings. The van der Waals surface area contributed by atoms with Gasteiger partial charge in [-0.3, -0.25) is 9.59 Å². The van der Waals surface area contributed by atoms with Crippen LogP contribution in [-0.2, 0) is 4.79 Å². The Morgan fingerprint density at radius 1 is 0.938 bits per heavy atom. The molecule has 162 valence electrons. The number of carbonyl (C=O) groups excluding carboxylic acids is 2. The van der Waals surface area contributed by atoms with Crippen molar-refractivity contribution in [3.63, 3.8) is 0 Å². The number of hydrazone groups is 1. The van der Waals surface area contributed by atoms with Crippen molar-refractivity contribution in [1.29, 1.82) is 0 Å². The molecule has 1 heterocycles. The Labute approximate surface area is 187 Å². The molecule has 1 aliphatic rings. The van der Waals surface area contributed by atoms with Crippen molar-refractivity contribution in [1.82, 2.24) is 10.7 Å². The first kappa shape index (κ1) is 21.3. The quantitative estimate of drug-likeness (QED) is 0.613. The van der Waals surface area contributed by atoms with E-state index >= 15 is 0 Å². The third-order valence-corrected chi connectivity index (χ3v) is 5.56. The summed E-state index contributed by atoms with van der Waals surface area (Å²) in [6.07, 6.45) is 1.88. The van der Waals surface area contributed by atoms with Crippen LogP contribution in [0.3, 0.4) is 0 Å². The van der Waals surface area contributed by atoms with Gasteiger partial charge in [-0.05, 0) is 62.4 Å². The highest BCUT2D eigenvalue weighted by Gasteiger charge is 2.47. The molecule has 1 aliphatic heterocycles. The molecule has 2 amide bonds. The maximum Gasteiger partial charge on any atom is 0.304 e. The Balaban J connectivity index is 1.69. The smallest absolute Gasteiger partial charge is 0.304 e. The van der Waals surface area contributed by atoms with Crippen LogP contribution in [0.1, 0.15) is 38.7 Å². The number of amides is 2. The second-order valence-corrected chi connectivity index (χ2v) is 7.96. The molecule has 0 saturated carbocycles. The second kappa shape index (κ2) is 9.06. The summed E-state index contributed by atoms with van der Waals surface area (Å²) in [7, 11) is 1.61. The molecule has 4 rings (SSSR count). The van der Waals surface area contributed by atoms with Crippen molar-refractivity contribution in [2.75, 3.05) is 7.11 Å². The van der Waals surface area contributed by atoms with E-state index in [-0.39, 0.29) is 11.8 Å². The van der Waals surface area contributed by atoms with Crippen molar-refractivity contribution in [2.45, 2.75) is 25.9 Å². The molecule has 0 unspecified atom stereocenters. The molecule has 1 saturated heterocycles. The summed E-state index contributed by atoms with van der Waals surface area (Å²) < 4.78 is 7.03. The Kier molecular flexibility index (Phi) is 6.03. The Morgan fingerprint density at radius 3 is 2.12 bits per heavy atom. The number of rotatable bonds is 5. The maximum atomic E-state index is 12.9. The van der Waals surface area contributed by atoms with Crippen LogP contribution < -0.4 is 15.5 Å². The number of benzene rings is 3. The molecule has 3 aromatic carbocycles. The average Bonchev–Trinajstić information content (AvgIpc) is 3.10. The van der Waals surface area contributed by atoms with Crippen LogP contribution in [0.25, 0.3) is 0 Å². The summed E-state index contributed by atoms with van der Waals surface area (Å²) in [6.45, 7) is 3.99. The van der Waals surface area contributed by atoms with E-state index in [1.165, 1.54) is 0 Å². The summed E-state index contributed by atoms with van der Waals surface area (Å²) in [5.74, 6) is 0.163. The van der Waals surface area contributed by atoms with E-state index < -0.39 is 12.1 Å². The molecule has 0 aromatic heterocycles. The molecule has 2 atom stereocenters. The lowest BCUT2D eigenvalue weighted by Gasteiger charge is -2.15. The zero-order chi connectivity index (χ0) is 22.7. The molecule has 0 bridgehead atoms. The maximum absolute atomic E-state index is 12.9. The summed E-state index contributed by atoms with van der Waals surface area (Å²) in [4.78, 5) is 25.8. The summed E-state index contributed by atoms with van der Waals surface area (Å²) in [6, 6.07) is 21.6. The Bertz CT molecular complexity index is 1150. The average molecular weight is 429 g/mol. The van der Waals surface area contributed by atoms with Crippen LogP contribution in [0.5, 0.6) is 5.75 Å². The topological polar surface area (TPSA) is 70.4 Å². The van der Waals surface area contributed by atoms with Crippen LogP contribution in [0.2, 0.25) is 0 Å². The first-order valence-electron chi connectivity index (χ1n) is 10.5. The number of aryl methyl sites for hydroxylation is 2. The van der Waals surface area contributed by atoms with Crippen molar-refractivity contribution in [3.05, 3.63) is 101 Å². The highest BCUT2D eigenvalue weighted by atomic mass is 16.5. The molecule has 6 nitrogen and oxygen atoms in total. The van der Waals surface area contributed by atoms with Gasteiger partial charge in [0.05, 0.1) is 7.11 Å². The SMILES string of the molecule is COc1ccc([C@@H]2[C@H](NC(=O)c3ccc(C)cc3)C(=O)N/[N+]2=C\c2ccc(C)cc2)cc1. The molecule has 0 aliphatic carbocycles. The number of hydrogen-bond donors (Lipinski definition) is 2. The zero-order valence-electron chi connectivity index (χ0n) is 18.3. The van der Waals surface area contributed by atoms with Gasteiger partial charge in [-0.25, -0.2) is 0 Å². The van der Waals surface area contributed by atoms with Gasteiger partial charge in [0.25, 0.3) is 5.91 Å². The first-order chi connectivity index (χ1) is 15.4. The van der Waals surface area contributed by atoms with Crippen molar-refractivity contribution < 1.29 is 19.0 Å². The van der Waals surface area contributed by atoms with Crippen LogP contribution >= 0.6 is 0 Å². The first-order valence-corrected chi connectivity index (χ1v) is 10.5. The summed E-state index contributed by atoms with van der Waals surface area (Å²) >= 11 is 0. The second-order valence-electron chi connectivity index (χ2n) is 7.96. The molecule has 0 spiro atoms. The monoisotopic (exact) mass is 428 g/mol. The fourth-order valence-electron chi connectivity index (χ4n) is 3.72. The fraction of sp³-hybridized carbons (Fsp3) is 0.192. The summed E-state index contributed by atoms with van der Waals surface area (Å²) in [5.41, 5.74) is 7.46. The zero-order valence-corrected chi connectivity index (χ0v) is 18.3. The van der Waals surface area contributed by atoms with E-state index in [2.05, 4.69) is 10.7 Å². The van der Waals surface area contributed by atoms with Crippen LogP contribution in [0.4, 0.5) is 0 Å². The Morgan fingerprint density at radius 2 is 1.53 bits per heavy atom. The fourth-order valence-corrected chi connectivity index (χ4v) is 3.72. The molecule has 6 heteroatoms. The normalized spacial score (nSPS) is 19.0. The van der Waals surface area contributed by atoms with E-state index in [0.717, 1.165) is 28.0 Å². The van der Waals surface area contributed by atoms with Gasteiger partial charge in [0.2, 0.25) is 12.3 Å². The van der Waals surface area contributed by atoms with Crippen LogP contribution in [0.15, 0.2) is 72.8 Å². The standard InChI is InChI=1S/C26H25N3O3/c1-17-4-8-19(9-5-17)16-29-24(20-12-14-22(32-3)15-13-20)23(26(31)28-29)27-25(30)21-10-6-18(2)7-11-21/h4-16,23-24H,1-3H3,(H-,27,28,30,31)/p+1/b29-16-/t23-,24+/m0/s1. The third-order valence-electron chi connectivity index (χ3n) is 5.56. The lowest BCUT2D eigenvalue weighted by molar-refractivity contribution is -0.596. The van der Waals surface area contributed by atoms with Gasteiger partial charge in [-0.15, -0.1) is 10.1 Å². The van der Waals surface area contributed by atoms with Gasteiger partial charge in [0, 0.05) is 16.7 Å². The van der Waals surface area contributed by atoms with E-state index in [4.69, 9.17) is 4.74 Å². The van der Waals surface area contributed by atoms with Gasteiger partial charge in [0.1, 0.15) is 5.75 Å². The van der Waals surface area contributed by atoms with Gasteiger partial charge in [-0.1, -0.05) is 35.4 Å². The third kappa shape index (κ3) is 4.54. The van der Waals surface area contributed by atoms with Gasteiger partial charge < -0.3 is 10.1 Å². The number of methoxy groups -OCH3 is 1. The lowest BCUT2D eigenvalue weighted by atomic mass is 9.99.